The highest BCUT2D eigenvalue weighted by molar-refractivity contribution is 6.33. The fraction of sp³-hybridized carbons (Fsp3) is 0.529. The van der Waals surface area contributed by atoms with Crippen LogP contribution in [0.3, 0.4) is 0 Å². The van der Waals surface area contributed by atoms with Crippen molar-refractivity contribution in [2.75, 3.05) is 27.2 Å². The Hall–Kier alpha value is -1.53. The van der Waals surface area contributed by atoms with Crippen molar-refractivity contribution in [3.8, 4) is 0 Å². The summed E-state index contributed by atoms with van der Waals surface area (Å²) in [7, 11) is 3.36. The van der Waals surface area contributed by atoms with Gasteiger partial charge >= 0.3 is 0 Å². The SMILES string of the molecule is CN(C)/N=C\c1c(C(F)(F)C2CC3(CNC3)C2)ccc(Cl)c1C=O. The van der Waals surface area contributed by atoms with Gasteiger partial charge in [0.25, 0.3) is 5.92 Å². The molecule has 0 bridgehead atoms. The first-order valence-electron chi connectivity index (χ1n) is 7.87. The summed E-state index contributed by atoms with van der Waals surface area (Å²) >= 11 is 6.01. The van der Waals surface area contributed by atoms with Crippen molar-refractivity contribution < 1.29 is 13.6 Å². The summed E-state index contributed by atoms with van der Waals surface area (Å²) in [4.78, 5) is 11.4. The zero-order valence-corrected chi connectivity index (χ0v) is 14.4. The normalized spacial score (nSPS) is 20.0. The van der Waals surface area contributed by atoms with E-state index in [0.29, 0.717) is 19.1 Å². The summed E-state index contributed by atoms with van der Waals surface area (Å²) in [5.74, 6) is -3.73. The van der Waals surface area contributed by atoms with Crippen molar-refractivity contribution in [1.82, 2.24) is 10.3 Å². The molecule has 2 fully saturated rings. The number of benzene rings is 1. The fourth-order valence-electron chi connectivity index (χ4n) is 3.56. The number of hydrogen-bond donors (Lipinski definition) is 1. The van der Waals surface area contributed by atoms with Crippen molar-refractivity contribution in [2.45, 2.75) is 18.8 Å². The number of carbonyl (C=O) groups is 1. The number of hydrazone groups is 1. The number of hydrogen-bond acceptors (Lipinski definition) is 4. The summed E-state index contributed by atoms with van der Waals surface area (Å²) < 4.78 is 30.2. The first-order chi connectivity index (χ1) is 11.3. The van der Waals surface area contributed by atoms with Crippen LogP contribution < -0.4 is 5.32 Å². The maximum absolute atomic E-state index is 15.1. The van der Waals surface area contributed by atoms with E-state index in [4.69, 9.17) is 11.6 Å². The van der Waals surface area contributed by atoms with E-state index in [9.17, 15) is 4.79 Å². The molecule has 1 aliphatic carbocycles. The van der Waals surface area contributed by atoms with Gasteiger partial charge in [-0.2, -0.15) is 5.10 Å². The van der Waals surface area contributed by atoms with Crippen molar-refractivity contribution in [2.24, 2.45) is 16.4 Å². The molecule has 0 unspecified atom stereocenters. The van der Waals surface area contributed by atoms with Crippen molar-refractivity contribution >= 4 is 24.1 Å². The van der Waals surface area contributed by atoms with E-state index in [2.05, 4.69) is 10.4 Å². The van der Waals surface area contributed by atoms with Crippen molar-refractivity contribution in [3.63, 3.8) is 0 Å². The van der Waals surface area contributed by atoms with Crippen LogP contribution in [0, 0.1) is 11.3 Å². The lowest BCUT2D eigenvalue weighted by molar-refractivity contribution is -0.156. The molecule has 1 saturated carbocycles. The summed E-state index contributed by atoms with van der Waals surface area (Å²) in [6.45, 7) is 1.63. The second kappa shape index (κ2) is 6.08. The Morgan fingerprint density at radius 3 is 2.50 bits per heavy atom. The van der Waals surface area contributed by atoms with Crippen LogP contribution in [0.25, 0.3) is 0 Å². The van der Waals surface area contributed by atoms with E-state index in [1.807, 2.05) is 0 Å². The van der Waals surface area contributed by atoms with Gasteiger partial charge in [-0.25, -0.2) is 8.78 Å². The molecule has 1 aromatic rings. The molecule has 1 aromatic carbocycles. The second-order valence-corrected chi connectivity index (χ2v) is 7.37. The van der Waals surface area contributed by atoms with Gasteiger partial charge in [-0.3, -0.25) is 4.79 Å². The predicted octanol–water partition coefficient (Wildman–Crippen LogP) is 3.14. The summed E-state index contributed by atoms with van der Waals surface area (Å²) in [5, 5.41) is 8.81. The number of nitrogens with zero attached hydrogens (tertiary/aromatic N) is 2. The molecule has 0 atom stereocenters. The predicted molar refractivity (Wildman–Crippen MR) is 90.0 cm³/mol. The minimum atomic E-state index is -3.02. The van der Waals surface area contributed by atoms with Crippen molar-refractivity contribution in [1.29, 1.82) is 0 Å². The maximum Gasteiger partial charge on any atom is 0.276 e. The Kier molecular flexibility index (Phi) is 4.38. The number of nitrogens with one attached hydrogen (secondary N) is 1. The standard InChI is InChI=1S/C17H20ClF2N3O/c1-23(2)22-7-12-13(8-24)15(18)4-3-14(12)17(19,20)11-5-16(6-11)9-21-10-16/h3-4,7-8,11,21H,5-6,9-10H2,1-2H3/b22-7-. The molecule has 0 radical (unpaired) electrons. The third-order valence-corrected chi connectivity index (χ3v) is 5.33. The van der Waals surface area contributed by atoms with E-state index in [1.54, 1.807) is 14.1 Å². The van der Waals surface area contributed by atoms with Crippen LogP contribution in [0.1, 0.15) is 34.3 Å². The minimum absolute atomic E-state index is 0.0475. The average molecular weight is 356 g/mol. The van der Waals surface area contributed by atoms with Gasteiger partial charge in [0.15, 0.2) is 6.29 Å². The van der Waals surface area contributed by atoms with Gasteiger partial charge in [-0.1, -0.05) is 17.7 Å². The molecule has 24 heavy (non-hydrogen) atoms. The highest BCUT2D eigenvalue weighted by Gasteiger charge is 2.58. The molecular formula is C17H20ClF2N3O. The fourth-order valence-corrected chi connectivity index (χ4v) is 3.77. The first-order valence-corrected chi connectivity index (χ1v) is 8.25. The topological polar surface area (TPSA) is 44.7 Å². The van der Waals surface area contributed by atoms with E-state index < -0.39 is 11.8 Å². The quantitative estimate of drug-likeness (QED) is 0.501. The lowest BCUT2D eigenvalue weighted by Crippen LogP contribution is -2.62. The molecule has 0 amide bonds. The third-order valence-electron chi connectivity index (χ3n) is 5.00. The van der Waals surface area contributed by atoms with E-state index in [0.717, 1.165) is 13.1 Å². The van der Waals surface area contributed by atoms with Crippen LogP contribution in [-0.4, -0.2) is 44.7 Å². The zero-order chi connectivity index (χ0) is 17.5. The Labute approximate surface area is 144 Å². The van der Waals surface area contributed by atoms with Gasteiger partial charge in [-0.15, -0.1) is 0 Å². The van der Waals surface area contributed by atoms with Gasteiger partial charge in [0.2, 0.25) is 0 Å². The molecule has 1 saturated heterocycles. The van der Waals surface area contributed by atoms with Crippen LogP contribution in [-0.2, 0) is 5.92 Å². The smallest absolute Gasteiger partial charge is 0.276 e. The molecule has 1 N–H and O–H groups in total. The number of rotatable bonds is 5. The maximum atomic E-state index is 15.1. The molecular weight excluding hydrogens is 336 g/mol. The summed E-state index contributed by atoms with van der Waals surface area (Å²) in [5.41, 5.74) is 0.0285. The Bertz CT molecular complexity index is 679. The van der Waals surface area contributed by atoms with Crippen LogP contribution >= 0.6 is 11.6 Å². The van der Waals surface area contributed by atoms with Crippen LogP contribution in [0.4, 0.5) is 8.78 Å². The van der Waals surface area contributed by atoms with E-state index in [1.165, 1.54) is 23.4 Å². The second-order valence-electron chi connectivity index (χ2n) is 6.96. The molecule has 130 valence electrons. The Balaban J connectivity index is 1.98. The van der Waals surface area contributed by atoms with Crippen LogP contribution in [0.2, 0.25) is 5.02 Å². The minimum Gasteiger partial charge on any atom is -0.316 e. The van der Waals surface area contributed by atoms with Gasteiger partial charge in [0.1, 0.15) is 0 Å². The number of carbonyl (C=O) groups excluding carboxylic acids is 1. The van der Waals surface area contributed by atoms with Crippen molar-refractivity contribution in [3.05, 3.63) is 33.8 Å². The summed E-state index contributed by atoms with van der Waals surface area (Å²) in [6.07, 6.45) is 2.79. The lowest BCUT2D eigenvalue weighted by atomic mass is 9.56. The van der Waals surface area contributed by atoms with E-state index in [-0.39, 0.29) is 27.1 Å². The monoisotopic (exact) mass is 355 g/mol. The number of halogens is 3. The van der Waals surface area contributed by atoms with Gasteiger partial charge in [0.05, 0.1) is 11.2 Å². The molecule has 3 rings (SSSR count). The van der Waals surface area contributed by atoms with Crippen LogP contribution in [0.15, 0.2) is 17.2 Å². The molecule has 1 aliphatic heterocycles. The number of aldehydes is 1. The Morgan fingerprint density at radius 1 is 1.33 bits per heavy atom. The van der Waals surface area contributed by atoms with Gasteiger partial charge in [-0.05, 0) is 24.3 Å². The largest absolute Gasteiger partial charge is 0.316 e. The molecule has 4 nitrogen and oxygen atoms in total. The van der Waals surface area contributed by atoms with Crippen LogP contribution in [0.5, 0.6) is 0 Å². The molecule has 7 heteroatoms. The van der Waals surface area contributed by atoms with E-state index >= 15 is 8.78 Å². The average Bonchev–Trinajstić information content (AvgIpc) is 2.41. The van der Waals surface area contributed by atoms with Gasteiger partial charge in [0, 0.05) is 49.8 Å². The molecule has 1 heterocycles. The molecule has 2 aliphatic rings. The zero-order valence-electron chi connectivity index (χ0n) is 13.7. The molecule has 0 aromatic heterocycles. The highest BCUT2D eigenvalue weighted by Crippen LogP contribution is 2.57. The lowest BCUT2D eigenvalue weighted by Gasteiger charge is -2.56. The van der Waals surface area contributed by atoms with Gasteiger partial charge < -0.3 is 10.3 Å². The number of alkyl halides is 2. The highest BCUT2D eigenvalue weighted by atomic mass is 35.5. The molecule has 1 spiro atoms. The summed E-state index contributed by atoms with van der Waals surface area (Å²) in [6, 6.07) is 2.68. The Morgan fingerprint density at radius 2 is 2.00 bits per heavy atom. The first kappa shape index (κ1) is 17.3. The third kappa shape index (κ3) is 2.82.